The van der Waals surface area contributed by atoms with Crippen LogP contribution in [-0.4, -0.2) is 17.0 Å². The molecule has 5 nitrogen and oxygen atoms in total. The van der Waals surface area contributed by atoms with Gasteiger partial charge >= 0.3 is 5.97 Å². The highest BCUT2D eigenvalue weighted by molar-refractivity contribution is 9.10. The van der Waals surface area contributed by atoms with Gasteiger partial charge in [0.1, 0.15) is 17.2 Å². The standard InChI is InChI=1S/C28H25BrClNO4/c1-2-21(22-15-18-6-5-7-19(18)16-24(22)30)27(32)31-25(28(33)34)14-17-10-12-20(13-11-17)35-26-9-4-3-8-23(26)29/h3-4,8-16,21H,2,5-7H2,1H3,(H,31,32)(H,33,34)/b25-14+. The van der Waals surface area contributed by atoms with E-state index in [0.29, 0.717) is 28.5 Å². The van der Waals surface area contributed by atoms with Gasteiger partial charge in [-0.15, -0.1) is 0 Å². The number of carbonyl (C=O) groups excluding carboxylic acids is 1. The third-order valence-corrected chi connectivity index (χ3v) is 7.04. The molecule has 0 bridgehead atoms. The van der Waals surface area contributed by atoms with E-state index in [1.807, 2.05) is 43.3 Å². The van der Waals surface area contributed by atoms with Crippen LogP contribution in [0.1, 0.15) is 47.9 Å². The second-order valence-electron chi connectivity index (χ2n) is 8.41. The zero-order valence-electron chi connectivity index (χ0n) is 19.2. The molecule has 0 fully saturated rings. The van der Waals surface area contributed by atoms with E-state index in [2.05, 4.69) is 21.2 Å². The molecule has 0 aromatic heterocycles. The van der Waals surface area contributed by atoms with E-state index in [-0.39, 0.29) is 5.70 Å². The molecule has 1 atom stereocenters. The summed E-state index contributed by atoms with van der Waals surface area (Å²) in [6, 6.07) is 18.4. The Hall–Kier alpha value is -3.09. The Bertz CT molecular complexity index is 1290. The van der Waals surface area contributed by atoms with Crippen molar-refractivity contribution in [1.29, 1.82) is 0 Å². The van der Waals surface area contributed by atoms with Crippen LogP contribution in [0.15, 0.2) is 70.8 Å². The third-order valence-electron chi connectivity index (χ3n) is 6.06. The third kappa shape index (κ3) is 5.95. The van der Waals surface area contributed by atoms with Gasteiger partial charge in [0.2, 0.25) is 5.91 Å². The second-order valence-corrected chi connectivity index (χ2v) is 9.67. The smallest absolute Gasteiger partial charge is 0.352 e. The van der Waals surface area contributed by atoms with Crippen molar-refractivity contribution in [3.05, 3.63) is 98.1 Å². The van der Waals surface area contributed by atoms with Gasteiger partial charge < -0.3 is 15.2 Å². The van der Waals surface area contributed by atoms with Crippen molar-refractivity contribution in [2.24, 2.45) is 0 Å². The highest BCUT2D eigenvalue weighted by Crippen LogP contribution is 2.34. The van der Waals surface area contributed by atoms with Gasteiger partial charge in [-0.1, -0.05) is 48.9 Å². The lowest BCUT2D eigenvalue weighted by Gasteiger charge is -2.18. The van der Waals surface area contributed by atoms with Gasteiger partial charge in [-0.3, -0.25) is 4.79 Å². The normalized spacial score (nSPS) is 13.7. The molecular weight excluding hydrogens is 530 g/mol. The number of para-hydroxylation sites is 1. The maximum Gasteiger partial charge on any atom is 0.352 e. The Morgan fingerprint density at radius 3 is 2.46 bits per heavy atom. The first kappa shape index (κ1) is 25.0. The van der Waals surface area contributed by atoms with Crippen molar-refractivity contribution in [3.8, 4) is 11.5 Å². The molecule has 2 N–H and O–H groups in total. The first-order valence-electron chi connectivity index (χ1n) is 11.4. The minimum absolute atomic E-state index is 0.204. The fourth-order valence-corrected chi connectivity index (χ4v) is 4.93. The van der Waals surface area contributed by atoms with Gasteiger partial charge in [0.15, 0.2) is 0 Å². The Morgan fingerprint density at radius 2 is 1.80 bits per heavy atom. The number of nitrogens with one attached hydrogen (secondary N) is 1. The molecule has 180 valence electrons. The number of aryl methyl sites for hydroxylation is 2. The molecule has 1 aliphatic rings. The van der Waals surface area contributed by atoms with Crippen LogP contribution in [0, 0.1) is 0 Å². The number of carboxylic acid groups (broad SMARTS) is 1. The highest BCUT2D eigenvalue weighted by Gasteiger charge is 2.25. The van der Waals surface area contributed by atoms with E-state index in [1.54, 1.807) is 24.3 Å². The highest BCUT2D eigenvalue weighted by atomic mass is 79.9. The molecule has 35 heavy (non-hydrogen) atoms. The number of halogens is 2. The molecule has 0 aliphatic heterocycles. The molecule has 3 aromatic rings. The van der Waals surface area contributed by atoms with Crippen molar-refractivity contribution in [3.63, 3.8) is 0 Å². The van der Waals surface area contributed by atoms with E-state index >= 15 is 0 Å². The summed E-state index contributed by atoms with van der Waals surface area (Å²) in [5.74, 6) is -0.884. The lowest BCUT2D eigenvalue weighted by Crippen LogP contribution is -2.32. The Balaban J connectivity index is 1.51. The van der Waals surface area contributed by atoms with E-state index in [0.717, 1.165) is 29.3 Å². The number of ether oxygens (including phenoxy) is 1. The summed E-state index contributed by atoms with van der Waals surface area (Å²) >= 11 is 9.96. The SMILES string of the molecule is CCC(C(=O)N/C(=C/c1ccc(Oc2ccccc2Br)cc1)C(=O)O)c1cc2c(cc1Cl)CCC2. The first-order chi connectivity index (χ1) is 16.9. The minimum atomic E-state index is -1.22. The van der Waals surface area contributed by atoms with E-state index in [4.69, 9.17) is 16.3 Å². The Kier molecular flexibility index (Phi) is 7.93. The van der Waals surface area contributed by atoms with Crippen LogP contribution < -0.4 is 10.1 Å². The average molecular weight is 555 g/mol. The fourth-order valence-electron chi connectivity index (χ4n) is 4.25. The summed E-state index contributed by atoms with van der Waals surface area (Å²) in [4.78, 5) is 25.0. The summed E-state index contributed by atoms with van der Waals surface area (Å²) in [7, 11) is 0. The number of hydrogen-bond donors (Lipinski definition) is 2. The van der Waals surface area contributed by atoms with Gasteiger partial charge in [0.05, 0.1) is 10.4 Å². The molecule has 4 rings (SSSR count). The van der Waals surface area contributed by atoms with Crippen molar-refractivity contribution in [1.82, 2.24) is 5.32 Å². The first-order valence-corrected chi connectivity index (χ1v) is 12.6. The van der Waals surface area contributed by atoms with Crippen molar-refractivity contribution < 1.29 is 19.4 Å². The molecular formula is C28H25BrClNO4. The number of benzene rings is 3. The molecule has 1 unspecified atom stereocenters. The van der Waals surface area contributed by atoms with Crippen LogP contribution >= 0.6 is 27.5 Å². The summed E-state index contributed by atoms with van der Waals surface area (Å²) in [5, 5.41) is 12.9. The number of rotatable bonds is 8. The summed E-state index contributed by atoms with van der Waals surface area (Å²) < 4.78 is 6.68. The summed E-state index contributed by atoms with van der Waals surface area (Å²) in [6.07, 6.45) is 4.98. The Morgan fingerprint density at radius 1 is 1.11 bits per heavy atom. The zero-order valence-corrected chi connectivity index (χ0v) is 21.5. The van der Waals surface area contributed by atoms with Gasteiger partial charge in [0.25, 0.3) is 0 Å². The van der Waals surface area contributed by atoms with Crippen molar-refractivity contribution in [2.75, 3.05) is 0 Å². The number of carbonyl (C=O) groups is 2. The van der Waals surface area contributed by atoms with Gasteiger partial charge in [-0.25, -0.2) is 4.79 Å². The topological polar surface area (TPSA) is 75.6 Å². The van der Waals surface area contributed by atoms with Gasteiger partial charge in [-0.05, 0) is 100 Å². The second kappa shape index (κ2) is 11.1. The molecule has 0 saturated carbocycles. The molecule has 1 amide bonds. The Labute approximate surface area is 217 Å². The van der Waals surface area contributed by atoms with Crippen LogP contribution in [0.2, 0.25) is 5.02 Å². The fraction of sp³-hybridized carbons (Fsp3) is 0.214. The molecule has 7 heteroatoms. The van der Waals surface area contributed by atoms with Crippen LogP contribution in [0.4, 0.5) is 0 Å². The lowest BCUT2D eigenvalue weighted by molar-refractivity contribution is -0.134. The lowest BCUT2D eigenvalue weighted by atomic mass is 9.92. The number of aliphatic carboxylic acids is 1. The average Bonchev–Trinajstić information content (AvgIpc) is 3.29. The summed E-state index contributed by atoms with van der Waals surface area (Å²) in [5.41, 5.74) is 3.60. The van der Waals surface area contributed by atoms with Crippen molar-refractivity contribution in [2.45, 2.75) is 38.5 Å². The number of carboxylic acids is 1. The van der Waals surface area contributed by atoms with Gasteiger partial charge in [-0.2, -0.15) is 0 Å². The molecule has 3 aromatic carbocycles. The maximum absolute atomic E-state index is 13.1. The van der Waals surface area contributed by atoms with Crippen molar-refractivity contribution >= 4 is 45.5 Å². The maximum atomic E-state index is 13.1. The van der Waals surface area contributed by atoms with Crippen LogP contribution in [0.25, 0.3) is 6.08 Å². The molecule has 1 aliphatic carbocycles. The van der Waals surface area contributed by atoms with E-state index in [1.165, 1.54) is 17.2 Å². The molecule has 0 heterocycles. The van der Waals surface area contributed by atoms with Gasteiger partial charge in [0, 0.05) is 5.02 Å². The molecule has 0 radical (unpaired) electrons. The summed E-state index contributed by atoms with van der Waals surface area (Å²) in [6.45, 7) is 1.89. The number of amides is 1. The number of fused-ring (bicyclic) bond motifs is 1. The quantitative estimate of drug-likeness (QED) is 0.291. The molecule has 0 spiro atoms. The molecule has 0 saturated heterocycles. The largest absolute Gasteiger partial charge is 0.477 e. The predicted octanol–water partition coefficient (Wildman–Crippen LogP) is 7.12. The van der Waals surface area contributed by atoms with Crippen LogP contribution in [0.3, 0.4) is 0 Å². The number of hydrogen-bond acceptors (Lipinski definition) is 3. The van der Waals surface area contributed by atoms with Crippen LogP contribution in [-0.2, 0) is 22.4 Å². The van der Waals surface area contributed by atoms with E-state index in [9.17, 15) is 14.7 Å². The monoisotopic (exact) mass is 553 g/mol. The minimum Gasteiger partial charge on any atom is -0.477 e. The van der Waals surface area contributed by atoms with Crippen LogP contribution in [0.5, 0.6) is 11.5 Å². The predicted molar refractivity (Wildman–Crippen MR) is 141 cm³/mol. The van der Waals surface area contributed by atoms with E-state index < -0.39 is 17.8 Å². The zero-order chi connectivity index (χ0) is 24.9.